The molecule has 4 nitrogen and oxygen atoms in total. The highest BCUT2D eigenvalue weighted by Crippen LogP contribution is 2.43. The van der Waals surface area contributed by atoms with Gasteiger partial charge in [0.05, 0.1) is 11.6 Å². The summed E-state index contributed by atoms with van der Waals surface area (Å²) in [4.78, 5) is 14.3. The summed E-state index contributed by atoms with van der Waals surface area (Å²) >= 11 is 0. The molecule has 1 saturated carbocycles. The van der Waals surface area contributed by atoms with Gasteiger partial charge in [-0.3, -0.25) is 15.1 Å². The maximum absolute atomic E-state index is 10.4. The van der Waals surface area contributed by atoms with Gasteiger partial charge in [-0.2, -0.15) is 0 Å². The topological polar surface area (TPSA) is 55.5 Å². The molecule has 0 bridgehead atoms. The van der Waals surface area contributed by atoms with E-state index in [0.717, 1.165) is 18.6 Å². The summed E-state index contributed by atoms with van der Waals surface area (Å²) in [5.74, 6) is 0.181. The molecule has 2 rings (SSSR count). The zero-order valence-electron chi connectivity index (χ0n) is 6.36. The average molecular weight is 154 g/mol. The first-order valence-electron chi connectivity index (χ1n) is 3.96. The molecule has 0 aromatic carbocycles. The fourth-order valence-electron chi connectivity index (χ4n) is 1.86. The van der Waals surface area contributed by atoms with Crippen LogP contribution in [0.5, 0.6) is 0 Å². The van der Waals surface area contributed by atoms with E-state index in [1.54, 1.807) is 0 Å². The highest BCUT2D eigenvalue weighted by molar-refractivity contribution is 6.09. The quantitative estimate of drug-likeness (QED) is 0.447. The van der Waals surface area contributed by atoms with Gasteiger partial charge in [-0.1, -0.05) is 13.3 Å². The van der Waals surface area contributed by atoms with Gasteiger partial charge in [0.15, 0.2) is 6.04 Å². The Morgan fingerprint density at radius 3 is 3.00 bits per heavy atom. The molecule has 1 fully saturated rings. The van der Waals surface area contributed by atoms with Crippen molar-refractivity contribution in [2.75, 3.05) is 0 Å². The fraction of sp³-hybridized carbons (Fsp3) is 0.857. The summed E-state index contributed by atoms with van der Waals surface area (Å²) in [6.45, 7) is 2.05. The molecule has 0 aromatic heterocycles. The lowest BCUT2D eigenvalue weighted by Crippen LogP contribution is -2.49. The Bertz CT molecular complexity index is 237. The largest absolute Gasteiger partial charge is 0.274 e. The normalized spacial score (nSPS) is 38.6. The van der Waals surface area contributed by atoms with Crippen molar-refractivity contribution >= 4 is 5.71 Å². The molecule has 11 heavy (non-hydrogen) atoms. The maximum atomic E-state index is 10.4. The second kappa shape index (κ2) is 2.03. The average Bonchev–Trinajstić information content (AvgIpc) is 2.58. The Labute approximate surface area is 64.5 Å². The first-order chi connectivity index (χ1) is 5.25. The number of hydrogen-bond donors (Lipinski definition) is 0. The standard InChI is InChI=1S/C7H10N2O2/c1-2-3-4-5-6(8-5)7(4)9(10)11/h4,6-7H,2-3H2,1H3. The van der Waals surface area contributed by atoms with E-state index in [9.17, 15) is 10.1 Å². The van der Waals surface area contributed by atoms with Crippen molar-refractivity contribution in [3.05, 3.63) is 10.1 Å². The van der Waals surface area contributed by atoms with Crippen LogP contribution in [0.15, 0.2) is 4.99 Å². The van der Waals surface area contributed by atoms with Gasteiger partial charge in [-0.05, 0) is 6.42 Å². The van der Waals surface area contributed by atoms with Gasteiger partial charge >= 0.3 is 0 Å². The molecule has 0 amide bonds. The molecular formula is C7H10N2O2. The van der Waals surface area contributed by atoms with Crippen LogP contribution in [-0.4, -0.2) is 22.7 Å². The van der Waals surface area contributed by atoms with Crippen LogP contribution in [0.3, 0.4) is 0 Å². The summed E-state index contributed by atoms with van der Waals surface area (Å²) in [5, 5.41) is 10.4. The molecule has 3 unspecified atom stereocenters. The van der Waals surface area contributed by atoms with Gasteiger partial charge in [0.1, 0.15) is 0 Å². The lowest BCUT2D eigenvalue weighted by atomic mass is 9.77. The van der Waals surface area contributed by atoms with E-state index < -0.39 is 0 Å². The van der Waals surface area contributed by atoms with E-state index in [2.05, 4.69) is 4.99 Å². The summed E-state index contributed by atoms with van der Waals surface area (Å²) in [7, 11) is 0. The first kappa shape index (κ1) is 6.76. The molecule has 0 spiro atoms. The van der Waals surface area contributed by atoms with E-state index >= 15 is 0 Å². The van der Waals surface area contributed by atoms with Crippen molar-refractivity contribution in [2.45, 2.75) is 31.8 Å². The first-order valence-corrected chi connectivity index (χ1v) is 3.96. The molecule has 1 aliphatic carbocycles. The van der Waals surface area contributed by atoms with E-state index in [0.29, 0.717) is 0 Å². The van der Waals surface area contributed by atoms with Crippen LogP contribution in [0.25, 0.3) is 0 Å². The second-order valence-corrected chi connectivity index (χ2v) is 3.17. The Hall–Kier alpha value is -0.930. The number of hydrogen-bond acceptors (Lipinski definition) is 3. The molecule has 2 aliphatic rings. The molecule has 0 N–H and O–H groups in total. The molecule has 1 heterocycles. The Morgan fingerprint density at radius 2 is 2.45 bits per heavy atom. The monoisotopic (exact) mass is 154 g/mol. The van der Waals surface area contributed by atoms with Crippen LogP contribution in [-0.2, 0) is 0 Å². The molecule has 0 saturated heterocycles. The molecule has 0 aromatic rings. The molecule has 4 heteroatoms. The number of nitro groups is 1. The van der Waals surface area contributed by atoms with Crippen LogP contribution in [0.2, 0.25) is 0 Å². The lowest BCUT2D eigenvalue weighted by molar-refractivity contribution is -0.532. The molecule has 60 valence electrons. The van der Waals surface area contributed by atoms with Gasteiger partial charge in [-0.25, -0.2) is 0 Å². The predicted octanol–water partition coefficient (Wildman–Crippen LogP) is 0.885. The Balaban J connectivity index is 1.98. The molecular weight excluding hydrogens is 144 g/mol. The molecule has 1 aliphatic heterocycles. The van der Waals surface area contributed by atoms with Crippen molar-refractivity contribution in [3.8, 4) is 0 Å². The third kappa shape index (κ3) is 0.783. The van der Waals surface area contributed by atoms with E-state index in [4.69, 9.17) is 0 Å². The van der Waals surface area contributed by atoms with Crippen molar-refractivity contribution in [1.29, 1.82) is 0 Å². The third-order valence-electron chi connectivity index (χ3n) is 2.48. The summed E-state index contributed by atoms with van der Waals surface area (Å²) < 4.78 is 0. The summed E-state index contributed by atoms with van der Waals surface area (Å²) in [6.07, 6.45) is 1.95. The summed E-state index contributed by atoms with van der Waals surface area (Å²) in [5.41, 5.74) is 1.11. The lowest BCUT2D eigenvalue weighted by Gasteiger charge is -2.24. The Morgan fingerprint density at radius 1 is 1.73 bits per heavy atom. The smallest absolute Gasteiger partial charge is 0.248 e. The molecule has 0 radical (unpaired) electrons. The van der Waals surface area contributed by atoms with Gasteiger partial charge < -0.3 is 0 Å². The van der Waals surface area contributed by atoms with Crippen molar-refractivity contribution in [3.63, 3.8) is 0 Å². The minimum atomic E-state index is -0.370. The number of aliphatic imine (C=N–C) groups is 1. The highest BCUT2D eigenvalue weighted by Gasteiger charge is 2.63. The molecule has 3 atom stereocenters. The fourth-order valence-corrected chi connectivity index (χ4v) is 1.86. The Kier molecular flexibility index (Phi) is 1.25. The van der Waals surface area contributed by atoms with Crippen LogP contribution in [0.1, 0.15) is 19.8 Å². The zero-order valence-corrected chi connectivity index (χ0v) is 6.36. The van der Waals surface area contributed by atoms with Crippen molar-refractivity contribution in [1.82, 2.24) is 0 Å². The van der Waals surface area contributed by atoms with Crippen molar-refractivity contribution < 1.29 is 4.92 Å². The predicted molar refractivity (Wildman–Crippen MR) is 40.4 cm³/mol. The van der Waals surface area contributed by atoms with Crippen LogP contribution in [0, 0.1) is 16.0 Å². The van der Waals surface area contributed by atoms with E-state index in [1.807, 2.05) is 6.92 Å². The SMILES string of the molecule is CCCC1C2=NC2C1[N+](=O)[O-]. The van der Waals surface area contributed by atoms with Crippen LogP contribution < -0.4 is 0 Å². The maximum Gasteiger partial charge on any atom is 0.248 e. The number of rotatable bonds is 3. The third-order valence-corrected chi connectivity index (χ3v) is 2.48. The minimum absolute atomic E-state index is 0.0153. The van der Waals surface area contributed by atoms with Gasteiger partial charge in [0.2, 0.25) is 6.04 Å². The van der Waals surface area contributed by atoms with E-state index in [-0.39, 0.29) is 22.9 Å². The highest BCUT2D eigenvalue weighted by atomic mass is 16.6. The summed E-state index contributed by atoms with van der Waals surface area (Å²) in [6, 6.07) is -0.355. The van der Waals surface area contributed by atoms with Gasteiger partial charge in [0.25, 0.3) is 0 Å². The van der Waals surface area contributed by atoms with Crippen molar-refractivity contribution in [2.24, 2.45) is 10.9 Å². The van der Waals surface area contributed by atoms with Crippen LogP contribution in [0.4, 0.5) is 0 Å². The zero-order chi connectivity index (χ0) is 8.01. The number of nitrogens with zero attached hydrogens (tertiary/aromatic N) is 2. The van der Waals surface area contributed by atoms with Crippen LogP contribution >= 0.6 is 0 Å². The van der Waals surface area contributed by atoms with E-state index in [1.165, 1.54) is 0 Å². The van der Waals surface area contributed by atoms with Gasteiger partial charge in [-0.15, -0.1) is 0 Å². The minimum Gasteiger partial charge on any atom is -0.274 e. The van der Waals surface area contributed by atoms with Gasteiger partial charge in [0, 0.05) is 4.92 Å². The second-order valence-electron chi connectivity index (χ2n) is 3.17. The number of fused-ring (bicyclic) bond motifs is 1.